The molecule has 7 heteroatoms. The molecule has 0 bridgehead atoms. The van der Waals surface area contributed by atoms with E-state index in [0.29, 0.717) is 16.5 Å². The summed E-state index contributed by atoms with van der Waals surface area (Å²) >= 11 is 0. The highest BCUT2D eigenvalue weighted by Gasteiger charge is 2.35. The maximum atomic E-state index is 12.4. The minimum absolute atomic E-state index is 0.0667. The molecule has 2 N–H and O–H groups in total. The number of fused-ring (bicyclic) bond motifs is 1. The fourth-order valence-corrected chi connectivity index (χ4v) is 6.16. The van der Waals surface area contributed by atoms with Crippen LogP contribution in [0.1, 0.15) is 35.5 Å². The minimum Gasteiger partial charge on any atom is -0.507 e. The van der Waals surface area contributed by atoms with Gasteiger partial charge in [-0.15, -0.1) is 0 Å². The molecule has 0 amide bonds. The van der Waals surface area contributed by atoms with Gasteiger partial charge in [-0.1, -0.05) is 49.7 Å². The Morgan fingerprint density at radius 2 is 1.59 bits per heavy atom. The van der Waals surface area contributed by atoms with Crippen LogP contribution < -0.4 is 0 Å². The van der Waals surface area contributed by atoms with Crippen molar-refractivity contribution in [3.05, 3.63) is 83.6 Å². The van der Waals surface area contributed by atoms with Gasteiger partial charge in [0.05, 0.1) is 16.8 Å². The number of phenols is 1. The maximum Gasteiger partial charge on any atom is 0.335 e. The minimum atomic E-state index is -3.35. The van der Waals surface area contributed by atoms with Crippen molar-refractivity contribution < 1.29 is 23.4 Å². The largest absolute Gasteiger partial charge is 0.507 e. The van der Waals surface area contributed by atoms with Crippen LogP contribution in [0.5, 0.6) is 5.75 Å². The second-order valence-corrected chi connectivity index (χ2v) is 11.5. The van der Waals surface area contributed by atoms with Gasteiger partial charge in [-0.05, 0) is 48.9 Å². The lowest BCUT2D eigenvalue weighted by Gasteiger charge is -2.28. The first-order chi connectivity index (χ1) is 15.9. The van der Waals surface area contributed by atoms with E-state index in [1.54, 1.807) is 24.3 Å². The van der Waals surface area contributed by atoms with Crippen molar-refractivity contribution in [2.24, 2.45) is 0 Å². The Morgan fingerprint density at radius 1 is 0.971 bits per heavy atom. The van der Waals surface area contributed by atoms with Gasteiger partial charge in [-0.3, -0.25) is 0 Å². The fourth-order valence-electron chi connectivity index (χ4n) is 4.71. The van der Waals surface area contributed by atoms with Crippen LogP contribution in [0.2, 0.25) is 0 Å². The van der Waals surface area contributed by atoms with Crippen LogP contribution in [0.15, 0.2) is 66.7 Å². The highest BCUT2D eigenvalue weighted by atomic mass is 32.2. The monoisotopic (exact) mass is 477 g/mol. The summed E-state index contributed by atoms with van der Waals surface area (Å²) in [6, 6.07) is 19.6. The number of aromatic hydroxyl groups is 1. The van der Waals surface area contributed by atoms with Crippen molar-refractivity contribution in [3.8, 4) is 22.6 Å². The van der Waals surface area contributed by atoms with Crippen LogP contribution in [0.25, 0.3) is 27.7 Å². The van der Waals surface area contributed by atoms with E-state index in [1.807, 2.05) is 55.7 Å². The molecule has 0 radical (unpaired) electrons. The summed E-state index contributed by atoms with van der Waals surface area (Å²) in [6.45, 7) is 5.74. The third-order valence-corrected chi connectivity index (χ3v) is 7.19. The molecule has 4 rings (SSSR count). The Morgan fingerprint density at radius 3 is 2.15 bits per heavy atom. The smallest absolute Gasteiger partial charge is 0.335 e. The zero-order valence-corrected chi connectivity index (χ0v) is 20.3. The van der Waals surface area contributed by atoms with Gasteiger partial charge in [0.1, 0.15) is 15.6 Å². The lowest BCUT2D eigenvalue weighted by Crippen LogP contribution is -2.30. The van der Waals surface area contributed by atoms with Gasteiger partial charge in [0.25, 0.3) is 0 Å². The molecule has 3 aromatic carbocycles. The van der Waals surface area contributed by atoms with E-state index in [1.165, 1.54) is 18.4 Å². The number of hydrogen-bond donors (Lipinski definition) is 2. The zero-order valence-electron chi connectivity index (χ0n) is 19.5. The number of nitrogens with zero attached hydrogens (tertiary/aromatic N) is 1. The summed E-state index contributed by atoms with van der Waals surface area (Å²) in [6.07, 6.45) is 1.21. The second kappa shape index (κ2) is 8.33. The van der Waals surface area contributed by atoms with Crippen LogP contribution >= 0.6 is 0 Å². The van der Waals surface area contributed by atoms with Gasteiger partial charge in [-0.25, -0.2) is 13.2 Å². The Balaban J connectivity index is 2.17. The maximum absolute atomic E-state index is 12.4. The summed E-state index contributed by atoms with van der Waals surface area (Å²) in [5, 5.41) is 20.9. The van der Waals surface area contributed by atoms with Crippen molar-refractivity contribution in [3.63, 3.8) is 0 Å². The highest BCUT2D eigenvalue weighted by Crippen LogP contribution is 2.46. The quantitative estimate of drug-likeness (QED) is 0.391. The zero-order chi connectivity index (χ0) is 24.8. The van der Waals surface area contributed by atoms with Crippen LogP contribution in [0, 0.1) is 6.92 Å². The predicted molar refractivity (Wildman–Crippen MR) is 135 cm³/mol. The molecule has 0 aliphatic heterocycles. The third kappa shape index (κ3) is 4.31. The van der Waals surface area contributed by atoms with E-state index >= 15 is 0 Å². The Bertz CT molecular complexity index is 1500. The van der Waals surface area contributed by atoms with Gasteiger partial charge in [-0.2, -0.15) is 0 Å². The summed E-state index contributed by atoms with van der Waals surface area (Å²) in [5.41, 5.74) is 4.06. The second-order valence-electron chi connectivity index (χ2n) is 9.40. The third-order valence-electron chi connectivity index (χ3n) is 5.95. The molecule has 0 spiro atoms. The predicted octanol–water partition coefficient (Wildman–Crippen LogP) is 5.33. The highest BCUT2D eigenvalue weighted by molar-refractivity contribution is 7.90. The van der Waals surface area contributed by atoms with Gasteiger partial charge >= 0.3 is 5.97 Å². The number of aryl methyl sites for hydroxylation is 1. The number of sulfone groups is 1. The van der Waals surface area contributed by atoms with E-state index in [0.717, 1.165) is 22.5 Å². The van der Waals surface area contributed by atoms with Crippen LogP contribution in [0.4, 0.5) is 0 Å². The molecule has 4 aromatic rings. The molecular weight excluding hydrogens is 450 g/mol. The number of aromatic nitrogens is 1. The molecule has 34 heavy (non-hydrogen) atoms. The number of carbonyl (C=O) groups is 1. The molecule has 176 valence electrons. The Labute approximate surface area is 199 Å². The molecule has 1 aromatic heterocycles. The first-order valence-electron chi connectivity index (χ1n) is 10.8. The molecule has 0 saturated carbocycles. The van der Waals surface area contributed by atoms with Crippen LogP contribution in [-0.4, -0.2) is 41.2 Å². The van der Waals surface area contributed by atoms with Gasteiger partial charge < -0.3 is 14.8 Å². The number of benzene rings is 3. The Kier molecular flexibility index (Phi) is 5.77. The summed E-state index contributed by atoms with van der Waals surface area (Å²) in [7, 11) is -3.35. The molecule has 0 fully saturated rings. The Hall–Kier alpha value is -3.58. The summed E-state index contributed by atoms with van der Waals surface area (Å²) in [4.78, 5) is 11.4. The van der Waals surface area contributed by atoms with Crippen molar-refractivity contribution in [2.75, 3.05) is 12.0 Å². The number of phenolic OH excluding ortho intramolecular Hbond substituents is 1. The summed E-state index contributed by atoms with van der Waals surface area (Å²) in [5.74, 6) is -1.07. The molecule has 6 nitrogen and oxygen atoms in total. The van der Waals surface area contributed by atoms with Gasteiger partial charge in [0, 0.05) is 34.0 Å². The molecular formula is C27H27NO5S. The van der Waals surface area contributed by atoms with E-state index in [2.05, 4.69) is 0 Å². The van der Waals surface area contributed by atoms with E-state index < -0.39 is 21.2 Å². The van der Waals surface area contributed by atoms with E-state index in [9.17, 15) is 23.4 Å². The van der Waals surface area contributed by atoms with Crippen molar-refractivity contribution >= 4 is 26.7 Å². The van der Waals surface area contributed by atoms with Gasteiger partial charge in [0.15, 0.2) is 0 Å². The van der Waals surface area contributed by atoms with E-state index in [4.69, 9.17) is 0 Å². The van der Waals surface area contributed by atoms with Crippen molar-refractivity contribution in [1.29, 1.82) is 0 Å². The van der Waals surface area contributed by atoms with Crippen molar-refractivity contribution in [2.45, 2.75) is 26.2 Å². The average Bonchev–Trinajstić information content (AvgIpc) is 3.10. The lowest BCUT2D eigenvalue weighted by atomic mass is 9.85. The van der Waals surface area contributed by atoms with Gasteiger partial charge in [0.2, 0.25) is 0 Å². The number of hydrogen-bond acceptors (Lipinski definition) is 4. The first kappa shape index (κ1) is 23.6. The van der Waals surface area contributed by atoms with Crippen LogP contribution in [0.3, 0.4) is 0 Å². The molecule has 0 saturated heterocycles. The summed E-state index contributed by atoms with van der Waals surface area (Å²) < 4.78 is 26.9. The van der Waals surface area contributed by atoms with E-state index in [-0.39, 0.29) is 17.1 Å². The molecule has 1 heterocycles. The average molecular weight is 478 g/mol. The number of rotatable bonds is 6. The van der Waals surface area contributed by atoms with Crippen molar-refractivity contribution in [1.82, 2.24) is 4.57 Å². The number of aromatic carboxylic acids is 1. The standard InChI is InChI=1S/C27H27NO5S/c1-17-8-14-20(15-9-17)28-21-6-5-7-22(29)24(21)23(18-10-12-19(13-11-18)26(30)31)25(28)27(2,3)16-34(4,32)33/h5-15,29H,16H2,1-4H3,(H,30,31). The molecule has 0 aliphatic rings. The molecule has 0 unspecified atom stereocenters. The number of carboxylic acid groups (broad SMARTS) is 1. The topological polar surface area (TPSA) is 96.6 Å². The molecule has 0 atom stereocenters. The lowest BCUT2D eigenvalue weighted by molar-refractivity contribution is 0.0697. The number of carboxylic acids is 1. The first-order valence-corrected chi connectivity index (χ1v) is 12.9. The van der Waals surface area contributed by atoms with Crippen LogP contribution in [-0.2, 0) is 15.3 Å². The molecule has 0 aliphatic carbocycles. The normalized spacial score (nSPS) is 12.2. The fraction of sp³-hybridized carbons (Fsp3) is 0.222. The SMILES string of the molecule is Cc1ccc(-n2c(C(C)(C)CS(C)(=O)=O)c(-c3ccc(C(=O)O)cc3)c3c(O)cccc32)cc1.